The zero-order chi connectivity index (χ0) is 13.6. The first kappa shape index (κ1) is 14.8. The molecule has 0 saturated heterocycles. The van der Waals surface area contributed by atoms with Crippen LogP contribution in [-0.4, -0.2) is 24.8 Å². The molecule has 0 bridgehead atoms. The number of nitrogens with zero attached hydrogens (tertiary/aromatic N) is 1. The van der Waals surface area contributed by atoms with Crippen LogP contribution in [0, 0.1) is 0 Å². The molecule has 0 fully saturated rings. The smallest absolute Gasteiger partial charge is 0.395 e. The number of benzene rings is 1. The minimum Gasteiger partial charge on any atom is -0.395 e. The van der Waals surface area contributed by atoms with Crippen molar-refractivity contribution >= 4 is 5.69 Å². The molecule has 0 atom stereocenters. The molecular weight excluding hydrogens is 243 g/mol. The first-order valence-electron chi connectivity index (χ1n) is 6.02. The molecule has 0 saturated carbocycles. The monoisotopic (exact) mass is 261 g/mol. The van der Waals surface area contributed by atoms with Gasteiger partial charge in [0.2, 0.25) is 0 Å². The Bertz CT molecular complexity index is 365. The summed E-state index contributed by atoms with van der Waals surface area (Å²) in [6, 6.07) is 5.49. The summed E-state index contributed by atoms with van der Waals surface area (Å²) in [4.78, 5) is 1.59. The lowest BCUT2D eigenvalue weighted by Crippen LogP contribution is -2.29. The van der Waals surface area contributed by atoms with Crippen LogP contribution in [-0.2, 0) is 6.18 Å². The van der Waals surface area contributed by atoms with Gasteiger partial charge in [-0.15, -0.1) is 0 Å². The Morgan fingerprint density at radius 2 is 1.83 bits per heavy atom. The van der Waals surface area contributed by atoms with E-state index in [2.05, 4.69) is 0 Å². The minimum atomic E-state index is -4.36. The largest absolute Gasteiger partial charge is 0.418 e. The lowest BCUT2D eigenvalue weighted by Gasteiger charge is -2.27. The maximum Gasteiger partial charge on any atom is 0.418 e. The Labute approximate surface area is 105 Å². The number of unbranched alkanes of at least 4 members (excludes halogenated alkanes) is 1. The molecule has 102 valence electrons. The molecule has 0 unspecified atom stereocenters. The number of halogens is 3. The Morgan fingerprint density at radius 3 is 2.39 bits per heavy atom. The van der Waals surface area contributed by atoms with E-state index in [1.54, 1.807) is 11.0 Å². The van der Waals surface area contributed by atoms with Crippen LogP contribution in [0.5, 0.6) is 0 Å². The van der Waals surface area contributed by atoms with Crippen LogP contribution in [0.2, 0.25) is 0 Å². The van der Waals surface area contributed by atoms with Crippen molar-refractivity contribution in [1.29, 1.82) is 0 Å². The SMILES string of the molecule is CCCCN(CCO)c1ccccc1C(F)(F)F. The van der Waals surface area contributed by atoms with Gasteiger partial charge in [0.05, 0.1) is 12.2 Å². The van der Waals surface area contributed by atoms with Gasteiger partial charge in [-0.05, 0) is 18.6 Å². The van der Waals surface area contributed by atoms with Crippen LogP contribution >= 0.6 is 0 Å². The first-order chi connectivity index (χ1) is 8.50. The van der Waals surface area contributed by atoms with Crippen LogP contribution in [0.1, 0.15) is 25.3 Å². The Kier molecular flexibility index (Phi) is 5.47. The van der Waals surface area contributed by atoms with Crippen LogP contribution in [0.15, 0.2) is 24.3 Å². The fraction of sp³-hybridized carbons (Fsp3) is 0.538. The van der Waals surface area contributed by atoms with Crippen LogP contribution < -0.4 is 4.90 Å². The second kappa shape index (κ2) is 6.64. The Morgan fingerprint density at radius 1 is 1.17 bits per heavy atom. The van der Waals surface area contributed by atoms with E-state index in [1.165, 1.54) is 12.1 Å². The maximum absolute atomic E-state index is 12.9. The topological polar surface area (TPSA) is 23.5 Å². The molecule has 0 heterocycles. The van der Waals surface area contributed by atoms with Crippen LogP contribution in [0.3, 0.4) is 0 Å². The normalized spacial score (nSPS) is 11.6. The summed E-state index contributed by atoms with van der Waals surface area (Å²) in [6.45, 7) is 2.56. The van der Waals surface area contributed by atoms with Crippen molar-refractivity contribution in [2.45, 2.75) is 25.9 Å². The fourth-order valence-electron chi connectivity index (χ4n) is 1.81. The van der Waals surface area contributed by atoms with Crippen molar-refractivity contribution in [1.82, 2.24) is 0 Å². The van der Waals surface area contributed by atoms with E-state index in [9.17, 15) is 13.2 Å². The van der Waals surface area contributed by atoms with Gasteiger partial charge in [0.1, 0.15) is 0 Å². The summed E-state index contributed by atoms with van der Waals surface area (Å²) in [5, 5.41) is 8.97. The number of rotatable bonds is 6. The highest BCUT2D eigenvalue weighted by molar-refractivity contribution is 5.55. The van der Waals surface area contributed by atoms with E-state index in [-0.39, 0.29) is 18.8 Å². The number of aliphatic hydroxyl groups is 1. The number of alkyl halides is 3. The average Bonchev–Trinajstić information content (AvgIpc) is 2.33. The van der Waals surface area contributed by atoms with Gasteiger partial charge in [-0.1, -0.05) is 25.5 Å². The van der Waals surface area contributed by atoms with Gasteiger partial charge >= 0.3 is 6.18 Å². The van der Waals surface area contributed by atoms with Gasteiger partial charge in [0.25, 0.3) is 0 Å². The lowest BCUT2D eigenvalue weighted by atomic mass is 10.1. The molecule has 0 radical (unpaired) electrons. The predicted molar refractivity (Wildman–Crippen MR) is 65.7 cm³/mol. The summed E-state index contributed by atoms with van der Waals surface area (Å²) >= 11 is 0. The number of anilines is 1. The molecule has 2 nitrogen and oxygen atoms in total. The molecule has 1 N–H and O–H groups in total. The third-order valence-corrected chi connectivity index (χ3v) is 2.70. The van der Waals surface area contributed by atoms with Gasteiger partial charge in [0.15, 0.2) is 0 Å². The van der Waals surface area contributed by atoms with E-state index in [0.29, 0.717) is 6.54 Å². The standard InChI is InChI=1S/C13H18F3NO/c1-2-3-8-17(9-10-18)12-7-5-4-6-11(12)13(14,15)16/h4-7,18H,2-3,8-10H2,1H3. The van der Waals surface area contributed by atoms with Crippen LogP contribution in [0.25, 0.3) is 0 Å². The summed E-state index contributed by atoms with van der Waals surface area (Å²) in [5.74, 6) is 0. The summed E-state index contributed by atoms with van der Waals surface area (Å²) < 4.78 is 38.6. The zero-order valence-corrected chi connectivity index (χ0v) is 10.4. The van der Waals surface area contributed by atoms with Crippen molar-refractivity contribution < 1.29 is 18.3 Å². The van der Waals surface area contributed by atoms with Gasteiger partial charge in [-0.3, -0.25) is 0 Å². The first-order valence-corrected chi connectivity index (χ1v) is 6.02. The van der Waals surface area contributed by atoms with Crippen molar-refractivity contribution in [2.24, 2.45) is 0 Å². The zero-order valence-electron chi connectivity index (χ0n) is 10.4. The van der Waals surface area contributed by atoms with Gasteiger partial charge in [-0.25, -0.2) is 0 Å². The minimum absolute atomic E-state index is 0.146. The second-order valence-corrected chi connectivity index (χ2v) is 4.08. The highest BCUT2D eigenvalue weighted by Crippen LogP contribution is 2.36. The highest BCUT2D eigenvalue weighted by Gasteiger charge is 2.34. The maximum atomic E-state index is 12.9. The number of aliphatic hydroxyl groups excluding tert-OH is 1. The molecule has 1 rings (SSSR count). The number of hydrogen-bond acceptors (Lipinski definition) is 2. The van der Waals surface area contributed by atoms with Gasteiger partial charge in [-0.2, -0.15) is 13.2 Å². The molecule has 0 aliphatic rings. The third-order valence-electron chi connectivity index (χ3n) is 2.70. The molecule has 0 aliphatic carbocycles. The van der Waals surface area contributed by atoms with Gasteiger partial charge in [0, 0.05) is 18.8 Å². The Balaban J connectivity index is 3.03. The van der Waals surface area contributed by atoms with Crippen molar-refractivity contribution in [3.8, 4) is 0 Å². The molecule has 0 spiro atoms. The van der Waals surface area contributed by atoms with E-state index >= 15 is 0 Å². The second-order valence-electron chi connectivity index (χ2n) is 4.08. The van der Waals surface area contributed by atoms with Crippen molar-refractivity contribution in [3.63, 3.8) is 0 Å². The average molecular weight is 261 g/mol. The summed E-state index contributed by atoms with van der Waals surface area (Å²) in [7, 11) is 0. The van der Waals surface area contributed by atoms with Crippen LogP contribution in [0.4, 0.5) is 18.9 Å². The number of hydrogen-bond donors (Lipinski definition) is 1. The van der Waals surface area contributed by atoms with Gasteiger partial charge < -0.3 is 10.0 Å². The molecule has 1 aromatic rings. The fourth-order valence-corrected chi connectivity index (χ4v) is 1.81. The Hall–Kier alpha value is -1.23. The summed E-state index contributed by atoms with van der Waals surface area (Å²) in [6.07, 6.45) is -2.67. The van der Waals surface area contributed by atoms with E-state index in [0.717, 1.165) is 18.9 Å². The third kappa shape index (κ3) is 3.91. The van der Waals surface area contributed by atoms with E-state index < -0.39 is 11.7 Å². The quantitative estimate of drug-likeness (QED) is 0.849. The number of para-hydroxylation sites is 1. The summed E-state index contributed by atoms with van der Waals surface area (Å²) in [5.41, 5.74) is -0.498. The van der Waals surface area contributed by atoms with E-state index in [1.807, 2.05) is 6.92 Å². The molecule has 5 heteroatoms. The highest BCUT2D eigenvalue weighted by atomic mass is 19.4. The van der Waals surface area contributed by atoms with E-state index in [4.69, 9.17) is 5.11 Å². The molecule has 0 aromatic heterocycles. The molecular formula is C13H18F3NO. The van der Waals surface area contributed by atoms with Crippen molar-refractivity contribution in [3.05, 3.63) is 29.8 Å². The molecule has 0 aliphatic heterocycles. The molecule has 18 heavy (non-hydrogen) atoms. The van der Waals surface area contributed by atoms with Crippen molar-refractivity contribution in [2.75, 3.05) is 24.6 Å². The molecule has 1 aromatic carbocycles. The molecule has 0 amide bonds. The predicted octanol–water partition coefficient (Wildman–Crippen LogP) is 3.30. The lowest BCUT2D eigenvalue weighted by molar-refractivity contribution is -0.137.